The van der Waals surface area contributed by atoms with Crippen LogP contribution in [0, 0.1) is 11.3 Å². The summed E-state index contributed by atoms with van der Waals surface area (Å²) in [5.74, 6) is -2.07. The van der Waals surface area contributed by atoms with Crippen molar-refractivity contribution < 1.29 is 19.5 Å². The summed E-state index contributed by atoms with van der Waals surface area (Å²) in [6.07, 6.45) is 0.265. The number of nitriles is 1. The van der Waals surface area contributed by atoms with E-state index in [1.165, 1.54) is 0 Å². The smallest absolute Gasteiger partial charge is 0.352 e. The predicted octanol–water partition coefficient (Wildman–Crippen LogP) is -0.921. The van der Waals surface area contributed by atoms with Gasteiger partial charge in [0.2, 0.25) is 11.8 Å². The Bertz CT molecular complexity index is 438. The number of nitrogens with one attached hydrogen (secondary N) is 1. The zero-order valence-corrected chi connectivity index (χ0v) is 9.55. The minimum absolute atomic E-state index is 0.0244. The molecule has 0 spiro atoms. The maximum Gasteiger partial charge on any atom is 0.352 e. The first-order valence-electron chi connectivity index (χ1n) is 5.29. The number of hydrazone groups is 1. The van der Waals surface area contributed by atoms with Crippen LogP contribution in [0.2, 0.25) is 0 Å². The molecular formula is C10H12N4O4. The first-order valence-corrected chi connectivity index (χ1v) is 5.29. The third-order valence-corrected chi connectivity index (χ3v) is 2.20. The number of carboxylic acids is 1. The van der Waals surface area contributed by atoms with Crippen molar-refractivity contribution in [3.05, 3.63) is 0 Å². The quantitative estimate of drug-likeness (QED) is 0.612. The van der Waals surface area contributed by atoms with Crippen LogP contribution in [-0.4, -0.2) is 46.7 Å². The van der Waals surface area contributed by atoms with Crippen molar-refractivity contribution in [1.29, 1.82) is 5.26 Å². The Labute approximate surface area is 103 Å². The molecule has 0 radical (unpaired) electrons. The molecule has 8 heteroatoms. The minimum Gasteiger partial charge on any atom is -0.477 e. The second-order valence-electron chi connectivity index (χ2n) is 3.56. The summed E-state index contributed by atoms with van der Waals surface area (Å²) < 4.78 is 0. The summed E-state index contributed by atoms with van der Waals surface area (Å²) in [4.78, 5) is 33.5. The molecule has 18 heavy (non-hydrogen) atoms. The molecule has 0 aromatic carbocycles. The number of carbonyl (C=O) groups is 3. The number of aliphatic carboxylic acids is 1. The van der Waals surface area contributed by atoms with Gasteiger partial charge < -0.3 is 10.4 Å². The first kappa shape index (κ1) is 13.6. The van der Waals surface area contributed by atoms with Gasteiger partial charge in [-0.2, -0.15) is 10.4 Å². The van der Waals surface area contributed by atoms with E-state index in [9.17, 15) is 14.4 Å². The highest BCUT2D eigenvalue weighted by Gasteiger charge is 2.25. The molecule has 0 aromatic heterocycles. The van der Waals surface area contributed by atoms with E-state index in [1.807, 2.05) is 6.07 Å². The lowest BCUT2D eigenvalue weighted by molar-refractivity contribution is -0.137. The van der Waals surface area contributed by atoms with Gasteiger partial charge in [0.25, 0.3) is 0 Å². The molecule has 1 rings (SSSR count). The fraction of sp³-hybridized carbons (Fsp3) is 0.500. The molecule has 1 aliphatic rings. The number of amides is 2. The lowest BCUT2D eigenvalue weighted by Gasteiger charge is -2.21. The number of carbonyl (C=O) groups excluding carboxylic acids is 2. The van der Waals surface area contributed by atoms with Gasteiger partial charge in [-0.15, -0.1) is 0 Å². The number of hydrogen-bond donors (Lipinski definition) is 2. The first-order chi connectivity index (χ1) is 8.54. The van der Waals surface area contributed by atoms with Gasteiger partial charge in [-0.1, -0.05) is 0 Å². The van der Waals surface area contributed by atoms with Crippen LogP contribution in [0.5, 0.6) is 0 Å². The van der Waals surface area contributed by atoms with Gasteiger partial charge in [-0.25, -0.2) is 9.80 Å². The molecule has 2 N–H and O–H groups in total. The van der Waals surface area contributed by atoms with Crippen molar-refractivity contribution >= 4 is 23.5 Å². The van der Waals surface area contributed by atoms with Gasteiger partial charge in [0.1, 0.15) is 12.3 Å². The van der Waals surface area contributed by atoms with Crippen molar-refractivity contribution in [2.75, 3.05) is 13.1 Å². The van der Waals surface area contributed by atoms with Crippen LogP contribution in [0.1, 0.15) is 19.3 Å². The Morgan fingerprint density at radius 3 is 2.83 bits per heavy atom. The van der Waals surface area contributed by atoms with E-state index in [0.29, 0.717) is 0 Å². The Kier molecular flexibility index (Phi) is 4.80. The molecule has 1 aliphatic heterocycles. The molecule has 0 fully saturated rings. The highest BCUT2D eigenvalue weighted by atomic mass is 16.4. The molecule has 8 nitrogen and oxygen atoms in total. The van der Waals surface area contributed by atoms with Crippen molar-refractivity contribution in [1.82, 2.24) is 10.3 Å². The van der Waals surface area contributed by atoms with Crippen LogP contribution in [0.4, 0.5) is 0 Å². The van der Waals surface area contributed by atoms with Gasteiger partial charge >= 0.3 is 5.97 Å². The second kappa shape index (κ2) is 6.34. The molecule has 96 valence electrons. The third kappa shape index (κ3) is 3.86. The van der Waals surface area contributed by atoms with Crippen LogP contribution >= 0.6 is 0 Å². The van der Waals surface area contributed by atoms with E-state index in [4.69, 9.17) is 10.4 Å². The average molecular weight is 252 g/mol. The number of carboxylic acid groups (broad SMARTS) is 1. The van der Waals surface area contributed by atoms with Crippen LogP contribution < -0.4 is 5.32 Å². The minimum atomic E-state index is -1.20. The molecule has 0 atom stereocenters. The lowest BCUT2D eigenvalue weighted by atomic mass is 10.2. The summed E-state index contributed by atoms with van der Waals surface area (Å²) in [6.45, 7) is -0.145. The van der Waals surface area contributed by atoms with Crippen molar-refractivity contribution in [3.8, 4) is 6.07 Å². The summed E-state index contributed by atoms with van der Waals surface area (Å²) >= 11 is 0. The average Bonchev–Trinajstić information content (AvgIpc) is 2.32. The van der Waals surface area contributed by atoms with Crippen molar-refractivity contribution in [3.63, 3.8) is 0 Å². The fourth-order valence-electron chi connectivity index (χ4n) is 1.33. The molecule has 0 aromatic rings. The Balaban J connectivity index is 2.56. The van der Waals surface area contributed by atoms with Gasteiger partial charge in [0.05, 0.1) is 12.5 Å². The van der Waals surface area contributed by atoms with Crippen LogP contribution in [-0.2, 0) is 14.4 Å². The highest BCUT2D eigenvalue weighted by Crippen LogP contribution is 2.08. The van der Waals surface area contributed by atoms with E-state index in [1.54, 1.807) is 0 Å². The van der Waals surface area contributed by atoms with Crippen molar-refractivity contribution in [2.45, 2.75) is 19.3 Å². The maximum atomic E-state index is 11.4. The lowest BCUT2D eigenvalue weighted by Crippen LogP contribution is -2.41. The Hall–Kier alpha value is -2.43. The van der Waals surface area contributed by atoms with E-state index < -0.39 is 17.8 Å². The van der Waals surface area contributed by atoms with Crippen LogP contribution in [0.3, 0.4) is 0 Å². The zero-order chi connectivity index (χ0) is 13.5. The molecule has 0 unspecified atom stereocenters. The number of hydrogen-bond acceptors (Lipinski definition) is 5. The Morgan fingerprint density at radius 1 is 1.50 bits per heavy atom. The predicted molar refractivity (Wildman–Crippen MR) is 59.3 cm³/mol. The van der Waals surface area contributed by atoms with E-state index >= 15 is 0 Å². The van der Waals surface area contributed by atoms with Gasteiger partial charge in [0, 0.05) is 19.4 Å². The van der Waals surface area contributed by atoms with E-state index in [0.717, 1.165) is 5.01 Å². The highest BCUT2D eigenvalue weighted by molar-refractivity contribution is 6.36. The molecule has 0 saturated heterocycles. The van der Waals surface area contributed by atoms with Gasteiger partial charge in [0.15, 0.2) is 0 Å². The maximum absolute atomic E-state index is 11.4. The third-order valence-electron chi connectivity index (χ3n) is 2.20. The molecule has 0 aliphatic carbocycles. The fourth-order valence-corrected chi connectivity index (χ4v) is 1.33. The largest absolute Gasteiger partial charge is 0.477 e. The molecule has 1 heterocycles. The normalized spacial score (nSPS) is 14.7. The van der Waals surface area contributed by atoms with Crippen molar-refractivity contribution in [2.24, 2.45) is 5.10 Å². The second-order valence-corrected chi connectivity index (χ2v) is 3.56. The van der Waals surface area contributed by atoms with E-state index in [-0.39, 0.29) is 38.1 Å². The van der Waals surface area contributed by atoms with Crippen LogP contribution in [0.15, 0.2) is 5.10 Å². The number of nitrogens with zero attached hydrogens (tertiary/aromatic N) is 3. The zero-order valence-electron chi connectivity index (χ0n) is 9.55. The summed E-state index contributed by atoms with van der Waals surface area (Å²) in [5, 5.41) is 23.9. The Morgan fingerprint density at radius 2 is 2.22 bits per heavy atom. The monoisotopic (exact) mass is 252 g/mol. The summed E-state index contributed by atoms with van der Waals surface area (Å²) in [7, 11) is 0. The summed E-state index contributed by atoms with van der Waals surface area (Å²) in [6, 6.07) is 1.86. The van der Waals surface area contributed by atoms with Crippen LogP contribution in [0.25, 0.3) is 0 Å². The molecule has 2 amide bonds. The topological polar surface area (TPSA) is 123 Å². The SMILES string of the molecule is N#CCCNC(=O)CN1N=C(C(=O)O)CCC1=O. The van der Waals surface area contributed by atoms with Gasteiger partial charge in [-0.3, -0.25) is 9.59 Å². The molecule has 0 saturated carbocycles. The molecule has 0 bridgehead atoms. The molecular weight excluding hydrogens is 240 g/mol. The van der Waals surface area contributed by atoms with E-state index in [2.05, 4.69) is 10.4 Å². The standard InChI is InChI=1S/C10H12N4O4/c11-4-1-5-12-8(15)6-14-9(16)3-2-7(13-14)10(17)18/h1-3,5-6H2,(H,12,15)(H,17,18). The number of rotatable bonds is 5. The van der Waals surface area contributed by atoms with Gasteiger partial charge in [-0.05, 0) is 0 Å². The summed E-state index contributed by atoms with van der Waals surface area (Å²) in [5.41, 5.74) is -0.139.